The predicted octanol–water partition coefficient (Wildman–Crippen LogP) is 13.3. The van der Waals surface area contributed by atoms with Crippen LogP contribution in [0.2, 0.25) is 0 Å². The Labute approximate surface area is 334 Å². The van der Waals surface area contributed by atoms with E-state index < -0.39 is 96.9 Å². The SMILES string of the molecule is [2H]C([2H])([2H])c1ccc(-c2ccc(C([2H])([2H])[2H])c(-c3cccc4c3Oc3ccccc3C4(C([2H])([2H])[2H])C([2H])([2H])[2H])c2C([2H])([2H])[2H])c(C([2H])([2H])[2H])c1-c1cccc2c1OC(C)(C)c1ccccc1OC2(C)C. The second-order valence-electron chi connectivity index (χ2n) is 14.3. The molecule has 2 aliphatic heterocycles. The molecule has 2 aliphatic rings. The topological polar surface area (TPSA) is 27.7 Å². The molecule has 0 saturated carbocycles. The molecule has 0 N–H and O–H groups in total. The van der Waals surface area contributed by atoms with Crippen LogP contribution in [-0.2, 0) is 16.6 Å². The average Bonchev–Trinajstić information content (AvgIpc) is 3.21. The second kappa shape index (κ2) is 11.9. The number of hydrogen-bond acceptors (Lipinski definition) is 3. The van der Waals surface area contributed by atoms with Crippen LogP contribution in [0.1, 0.15) is 111 Å². The fourth-order valence-corrected chi connectivity index (χ4v) is 7.48. The molecule has 6 aromatic rings. The molecule has 0 spiro atoms. The zero-order valence-corrected chi connectivity index (χ0v) is 29.1. The highest BCUT2D eigenvalue weighted by Gasteiger charge is 2.39. The lowest BCUT2D eigenvalue weighted by Crippen LogP contribution is -2.35. The molecule has 0 aliphatic carbocycles. The van der Waals surface area contributed by atoms with E-state index in [0.29, 0.717) is 16.9 Å². The number of aryl methyl sites for hydroxylation is 2. The molecule has 262 valence electrons. The summed E-state index contributed by atoms with van der Waals surface area (Å²) >= 11 is 0. The van der Waals surface area contributed by atoms with Crippen molar-refractivity contribution in [2.75, 3.05) is 0 Å². The lowest BCUT2D eigenvalue weighted by molar-refractivity contribution is 0.0526. The van der Waals surface area contributed by atoms with Crippen LogP contribution in [0.15, 0.2) is 109 Å². The van der Waals surface area contributed by atoms with Crippen LogP contribution < -0.4 is 14.2 Å². The summed E-state index contributed by atoms with van der Waals surface area (Å²) in [6, 6.07) is 26.1. The Kier molecular flexibility index (Phi) is 4.34. The third-order valence-electron chi connectivity index (χ3n) is 10.1. The number of fused-ring (bicyclic) bond motifs is 4. The number of benzene rings is 6. The first kappa shape index (κ1) is 19.0. The van der Waals surface area contributed by atoms with Crippen LogP contribution >= 0.6 is 0 Å². The van der Waals surface area contributed by atoms with Crippen LogP contribution in [0.4, 0.5) is 0 Å². The van der Waals surface area contributed by atoms with Gasteiger partial charge in [-0.3, -0.25) is 0 Å². The van der Waals surface area contributed by atoms with E-state index in [1.807, 2.05) is 12.1 Å². The van der Waals surface area contributed by atoms with Crippen LogP contribution in [-0.4, -0.2) is 0 Å². The maximum atomic E-state index is 9.19. The minimum Gasteiger partial charge on any atom is -0.483 e. The number of ether oxygens (including phenoxy) is 3. The van der Waals surface area contributed by atoms with Crippen molar-refractivity contribution in [1.82, 2.24) is 0 Å². The van der Waals surface area contributed by atoms with Gasteiger partial charge in [0, 0.05) is 63.5 Å². The van der Waals surface area contributed by atoms with Crippen LogP contribution in [0, 0.1) is 27.4 Å². The summed E-state index contributed by atoms with van der Waals surface area (Å²) in [4.78, 5) is 0. The molecule has 3 nitrogen and oxygen atoms in total. The molecule has 0 radical (unpaired) electrons. The minimum atomic E-state index is -3.31. The van der Waals surface area contributed by atoms with E-state index in [1.54, 1.807) is 52.0 Å². The summed E-state index contributed by atoms with van der Waals surface area (Å²) in [5, 5.41) is 0. The summed E-state index contributed by atoms with van der Waals surface area (Å²) < 4.78 is 180. The molecule has 8 rings (SSSR count). The monoisotopic (exact) mass is 702 g/mol. The third-order valence-corrected chi connectivity index (χ3v) is 10.1. The molecular weight excluding hydrogens is 637 g/mol. The molecule has 0 atom stereocenters. The number of para-hydroxylation sites is 4. The molecule has 0 unspecified atom stereocenters. The van der Waals surface area contributed by atoms with E-state index in [0.717, 1.165) is 12.1 Å². The van der Waals surface area contributed by atoms with Crippen molar-refractivity contribution in [2.24, 2.45) is 0 Å². The van der Waals surface area contributed by atoms with E-state index in [4.69, 9.17) is 34.8 Å². The maximum Gasteiger partial charge on any atom is 0.139 e. The van der Waals surface area contributed by atoms with Gasteiger partial charge in [-0.2, -0.15) is 0 Å². The summed E-state index contributed by atoms with van der Waals surface area (Å²) in [7, 11) is 0. The second-order valence-corrected chi connectivity index (χ2v) is 14.3. The highest BCUT2D eigenvalue weighted by atomic mass is 16.5. The standard InChI is InChI=1S/C49H48O3/c1-29-25-27-33(31(3)43(29)35-17-15-21-39-45(35)50-41-23-13-11-19-37(41)47(39,5)6)34-28-26-30(2)44(32(34)4)36-18-16-22-40-46(36)52-48(7,8)38-20-12-14-24-42(38)51-49(40,9)10/h11-28H,1-10H3/i1D3,2D3,3D3,4D3,5D3,6D3. The van der Waals surface area contributed by atoms with Crippen molar-refractivity contribution in [3.05, 3.63) is 154 Å². The Morgan fingerprint density at radius 1 is 0.442 bits per heavy atom. The van der Waals surface area contributed by atoms with Gasteiger partial charge in [0.25, 0.3) is 0 Å². The van der Waals surface area contributed by atoms with Gasteiger partial charge in [0.1, 0.15) is 34.2 Å². The van der Waals surface area contributed by atoms with Gasteiger partial charge in [-0.05, 0) is 112 Å². The first-order chi connectivity index (χ1) is 32.0. The lowest BCUT2D eigenvalue weighted by atomic mass is 9.74. The van der Waals surface area contributed by atoms with Crippen molar-refractivity contribution in [3.63, 3.8) is 0 Å². The maximum absolute atomic E-state index is 9.19. The van der Waals surface area contributed by atoms with E-state index in [-0.39, 0.29) is 44.9 Å². The molecule has 0 aromatic heterocycles. The molecular formula is C49H48O3. The smallest absolute Gasteiger partial charge is 0.139 e. The van der Waals surface area contributed by atoms with Crippen LogP contribution in [0.3, 0.4) is 0 Å². The zero-order chi connectivity index (χ0) is 51.7. The van der Waals surface area contributed by atoms with Gasteiger partial charge in [-0.25, -0.2) is 0 Å². The van der Waals surface area contributed by atoms with Gasteiger partial charge < -0.3 is 14.2 Å². The van der Waals surface area contributed by atoms with Crippen molar-refractivity contribution in [2.45, 2.75) is 85.4 Å². The fraction of sp³-hybridized carbons (Fsp3) is 0.265. The van der Waals surface area contributed by atoms with Crippen molar-refractivity contribution in [1.29, 1.82) is 0 Å². The van der Waals surface area contributed by atoms with Crippen LogP contribution in [0.5, 0.6) is 23.0 Å². The predicted molar refractivity (Wildman–Crippen MR) is 214 cm³/mol. The Hall–Kier alpha value is -5.28. The van der Waals surface area contributed by atoms with Crippen molar-refractivity contribution >= 4 is 0 Å². The largest absolute Gasteiger partial charge is 0.483 e. The molecule has 52 heavy (non-hydrogen) atoms. The Morgan fingerprint density at radius 3 is 1.60 bits per heavy atom. The summed E-state index contributed by atoms with van der Waals surface area (Å²) in [6.45, 7) is -12.1. The Balaban J connectivity index is 1.53. The highest BCUT2D eigenvalue weighted by Crippen LogP contribution is 2.53. The molecule has 0 amide bonds. The van der Waals surface area contributed by atoms with E-state index >= 15 is 0 Å². The highest BCUT2D eigenvalue weighted by molar-refractivity contribution is 5.89. The molecule has 2 heterocycles. The van der Waals surface area contributed by atoms with Crippen LogP contribution in [0.25, 0.3) is 33.4 Å². The Morgan fingerprint density at radius 2 is 0.981 bits per heavy atom. The summed E-state index contributed by atoms with van der Waals surface area (Å²) in [5.74, 6) is -0.0150. The van der Waals surface area contributed by atoms with Crippen molar-refractivity contribution in [3.8, 4) is 56.4 Å². The summed E-state index contributed by atoms with van der Waals surface area (Å²) in [6.07, 6.45) is 0. The van der Waals surface area contributed by atoms with Gasteiger partial charge >= 0.3 is 0 Å². The Bertz CT molecular complexity index is 3040. The van der Waals surface area contributed by atoms with E-state index in [1.165, 1.54) is 60.7 Å². The van der Waals surface area contributed by atoms with E-state index in [9.17, 15) is 4.11 Å². The summed E-state index contributed by atoms with van der Waals surface area (Å²) in [5.41, 5.74) is -8.68. The lowest BCUT2D eigenvalue weighted by Gasteiger charge is -2.39. The number of rotatable bonds is 3. The molecule has 0 fully saturated rings. The first-order valence-electron chi connectivity index (χ1n) is 25.9. The van der Waals surface area contributed by atoms with Gasteiger partial charge in [-0.15, -0.1) is 0 Å². The van der Waals surface area contributed by atoms with Gasteiger partial charge in [0.05, 0.1) is 0 Å². The quantitative estimate of drug-likeness (QED) is 0.184. The first-order valence-corrected chi connectivity index (χ1v) is 16.9. The zero-order valence-electron chi connectivity index (χ0n) is 47.1. The van der Waals surface area contributed by atoms with Gasteiger partial charge in [0.2, 0.25) is 0 Å². The normalized spacial score (nSPS) is 22.6. The van der Waals surface area contributed by atoms with E-state index in [2.05, 4.69) is 0 Å². The third kappa shape index (κ3) is 5.16. The fourth-order valence-electron chi connectivity index (χ4n) is 7.48. The average molecular weight is 703 g/mol. The minimum absolute atomic E-state index is 0.0327. The van der Waals surface area contributed by atoms with Gasteiger partial charge in [0.15, 0.2) is 0 Å². The molecule has 6 aromatic carbocycles. The van der Waals surface area contributed by atoms with Gasteiger partial charge in [-0.1, -0.05) is 111 Å². The number of hydrogen-bond donors (Lipinski definition) is 0. The molecule has 3 heteroatoms. The molecule has 0 bridgehead atoms. The van der Waals surface area contributed by atoms with Crippen molar-refractivity contribution < 1.29 is 38.9 Å². The molecule has 0 saturated heterocycles.